The average molecular weight is 445 g/mol. The van der Waals surface area contributed by atoms with Crippen LogP contribution in [0.4, 0.5) is 13.2 Å². The molecule has 0 aliphatic rings. The van der Waals surface area contributed by atoms with Gasteiger partial charge in [0.05, 0.1) is 24.5 Å². The maximum atomic E-state index is 12.7. The number of carbonyl (C=O) groups is 1. The molecule has 2 aromatic rings. The van der Waals surface area contributed by atoms with Gasteiger partial charge in [0.2, 0.25) is 10.0 Å². The molecule has 6 nitrogen and oxygen atoms in total. The van der Waals surface area contributed by atoms with E-state index in [1.807, 2.05) is 26.0 Å². The quantitative estimate of drug-likeness (QED) is 0.613. The van der Waals surface area contributed by atoms with Gasteiger partial charge in [0.15, 0.2) is 0 Å². The molecule has 164 valence electrons. The van der Waals surface area contributed by atoms with Gasteiger partial charge in [0.1, 0.15) is 5.75 Å². The van der Waals surface area contributed by atoms with Gasteiger partial charge in [0.25, 0.3) is 0 Å². The van der Waals surface area contributed by atoms with Crippen LogP contribution >= 0.6 is 0 Å². The van der Waals surface area contributed by atoms with Crippen molar-refractivity contribution in [3.63, 3.8) is 0 Å². The van der Waals surface area contributed by atoms with E-state index in [0.717, 1.165) is 29.8 Å². The molecule has 0 amide bonds. The van der Waals surface area contributed by atoms with Crippen molar-refractivity contribution in [1.82, 2.24) is 4.72 Å². The van der Waals surface area contributed by atoms with Crippen LogP contribution in [-0.4, -0.2) is 27.9 Å². The Labute approximate surface area is 173 Å². The van der Waals surface area contributed by atoms with Gasteiger partial charge < -0.3 is 9.47 Å². The van der Waals surface area contributed by atoms with Gasteiger partial charge in [-0.2, -0.15) is 0 Å². The summed E-state index contributed by atoms with van der Waals surface area (Å²) in [6, 6.07) is 9.95. The number of ether oxygens (including phenoxy) is 2. The fraction of sp³-hybridized carbons (Fsp3) is 0.350. The van der Waals surface area contributed by atoms with Gasteiger partial charge in [-0.05, 0) is 41.3 Å². The molecule has 2 rings (SSSR count). The van der Waals surface area contributed by atoms with Gasteiger partial charge in [0, 0.05) is 0 Å². The topological polar surface area (TPSA) is 81.7 Å². The molecule has 0 aliphatic heterocycles. The standard InChI is InChI=1S/C20H22F3NO5S/c1-13(2)14-4-6-15(7-5-14)18(12-19(25)28-3)24-30(26,27)17-10-8-16(9-11-17)29-20(21,22)23/h4-11,13,18,24H,12H2,1-3H3. The number of sulfonamides is 1. The van der Waals surface area contributed by atoms with E-state index in [9.17, 15) is 26.4 Å². The second-order valence-electron chi connectivity index (χ2n) is 6.79. The fourth-order valence-corrected chi connectivity index (χ4v) is 3.89. The third-order valence-corrected chi connectivity index (χ3v) is 5.76. The molecule has 0 saturated heterocycles. The highest BCUT2D eigenvalue weighted by atomic mass is 32.2. The molecular formula is C20H22F3NO5S. The second kappa shape index (κ2) is 9.48. The average Bonchev–Trinajstić information content (AvgIpc) is 2.66. The zero-order chi connectivity index (χ0) is 22.5. The fourth-order valence-electron chi connectivity index (χ4n) is 2.67. The predicted molar refractivity (Wildman–Crippen MR) is 103 cm³/mol. The Hall–Kier alpha value is -2.59. The number of rotatable bonds is 8. The number of methoxy groups -OCH3 is 1. The number of benzene rings is 2. The molecule has 10 heteroatoms. The Kier molecular flexibility index (Phi) is 7.49. The molecule has 1 atom stereocenters. The largest absolute Gasteiger partial charge is 0.573 e. The number of hydrogen-bond acceptors (Lipinski definition) is 5. The van der Waals surface area contributed by atoms with Crippen LogP contribution in [0.5, 0.6) is 5.75 Å². The third kappa shape index (κ3) is 6.74. The second-order valence-corrected chi connectivity index (χ2v) is 8.51. The first-order valence-electron chi connectivity index (χ1n) is 8.96. The van der Waals surface area contributed by atoms with E-state index in [1.165, 1.54) is 7.11 Å². The molecule has 1 N–H and O–H groups in total. The summed E-state index contributed by atoms with van der Waals surface area (Å²) < 4.78 is 73.1. The molecule has 0 aromatic heterocycles. The molecule has 0 bridgehead atoms. The molecule has 0 heterocycles. The summed E-state index contributed by atoms with van der Waals surface area (Å²) in [5.74, 6) is -0.895. The lowest BCUT2D eigenvalue weighted by atomic mass is 9.98. The normalized spacial score (nSPS) is 13.2. The Morgan fingerprint density at radius 1 is 1.00 bits per heavy atom. The lowest BCUT2D eigenvalue weighted by Crippen LogP contribution is -2.30. The van der Waals surface area contributed by atoms with E-state index < -0.39 is 34.1 Å². The highest BCUT2D eigenvalue weighted by molar-refractivity contribution is 7.89. The van der Waals surface area contributed by atoms with E-state index in [4.69, 9.17) is 0 Å². The van der Waals surface area contributed by atoms with E-state index in [1.54, 1.807) is 12.1 Å². The SMILES string of the molecule is COC(=O)CC(NS(=O)(=O)c1ccc(OC(F)(F)F)cc1)c1ccc(C(C)C)cc1. The van der Waals surface area contributed by atoms with Gasteiger partial charge in [-0.25, -0.2) is 13.1 Å². The molecule has 0 saturated carbocycles. The third-order valence-electron chi connectivity index (χ3n) is 4.27. The van der Waals surface area contributed by atoms with Crippen molar-refractivity contribution in [3.8, 4) is 5.75 Å². The number of halogens is 3. The summed E-state index contributed by atoms with van der Waals surface area (Å²) >= 11 is 0. The van der Waals surface area contributed by atoms with Crippen LogP contribution in [-0.2, 0) is 19.6 Å². The van der Waals surface area contributed by atoms with Gasteiger partial charge in [-0.3, -0.25) is 4.79 Å². The van der Waals surface area contributed by atoms with Crippen LogP contribution in [0.25, 0.3) is 0 Å². The van der Waals surface area contributed by atoms with Crippen molar-refractivity contribution >= 4 is 16.0 Å². The highest BCUT2D eigenvalue weighted by Gasteiger charge is 2.31. The van der Waals surface area contributed by atoms with Crippen molar-refractivity contribution < 1.29 is 35.9 Å². The zero-order valence-electron chi connectivity index (χ0n) is 16.6. The highest BCUT2D eigenvalue weighted by Crippen LogP contribution is 2.26. The summed E-state index contributed by atoms with van der Waals surface area (Å²) in [5.41, 5.74) is 1.59. The molecule has 0 spiro atoms. The van der Waals surface area contributed by atoms with Crippen LogP contribution < -0.4 is 9.46 Å². The van der Waals surface area contributed by atoms with Gasteiger partial charge in [-0.15, -0.1) is 13.2 Å². The zero-order valence-corrected chi connectivity index (χ0v) is 17.4. The van der Waals surface area contributed by atoms with Crippen LogP contribution in [0.1, 0.15) is 43.4 Å². The number of hydrogen-bond donors (Lipinski definition) is 1. The molecule has 1 unspecified atom stereocenters. The lowest BCUT2D eigenvalue weighted by molar-refractivity contribution is -0.274. The summed E-state index contributed by atoms with van der Waals surface area (Å²) in [5, 5.41) is 0. The lowest BCUT2D eigenvalue weighted by Gasteiger charge is -2.19. The van der Waals surface area contributed by atoms with Crippen LogP contribution in [0.3, 0.4) is 0 Å². The Morgan fingerprint density at radius 3 is 2.00 bits per heavy atom. The van der Waals surface area contributed by atoms with E-state index >= 15 is 0 Å². The first kappa shape index (κ1) is 23.7. The van der Waals surface area contributed by atoms with Crippen molar-refractivity contribution in [2.24, 2.45) is 0 Å². The van der Waals surface area contributed by atoms with Crippen LogP contribution in [0.15, 0.2) is 53.4 Å². The Bertz CT molecular complexity index is 955. The summed E-state index contributed by atoms with van der Waals surface area (Å²) in [6.07, 6.45) is -5.14. The molecular weight excluding hydrogens is 423 g/mol. The molecule has 30 heavy (non-hydrogen) atoms. The van der Waals surface area contributed by atoms with Crippen molar-refractivity contribution in [2.45, 2.75) is 43.5 Å². The number of alkyl halides is 3. The van der Waals surface area contributed by atoms with E-state index in [0.29, 0.717) is 5.56 Å². The van der Waals surface area contributed by atoms with Crippen molar-refractivity contribution in [3.05, 3.63) is 59.7 Å². The van der Waals surface area contributed by atoms with Crippen molar-refractivity contribution in [1.29, 1.82) is 0 Å². The van der Waals surface area contributed by atoms with Gasteiger partial charge >= 0.3 is 12.3 Å². The van der Waals surface area contributed by atoms with Crippen molar-refractivity contribution in [2.75, 3.05) is 7.11 Å². The Balaban J connectivity index is 2.27. The summed E-state index contributed by atoms with van der Waals surface area (Å²) in [7, 11) is -2.95. The van der Waals surface area contributed by atoms with E-state index in [2.05, 4.69) is 14.2 Å². The maximum absolute atomic E-state index is 12.7. The molecule has 0 fully saturated rings. The van der Waals surface area contributed by atoms with Crippen LogP contribution in [0.2, 0.25) is 0 Å². The smallest absolute Gasteiger partial charge is 0.469 e. The summed E-state index contributed by atoms with van der Waals surface area (Å²) in [6.45, 7) is 4.02. The molecule has 0 radical (unpaired) electrons. The number of esters is 1. The predicted octanol–water partition coefficient (Wildman–Crippen LogP) is 4.29. The first-order valence-corrected chi connectivity index (χ1v) is 10.4. The molecule has 2 aromatic carbocycles. The number of nitrogens with one attached hydrogen (secondary N) is 1. The molecule has 0 aliphatic carbocycles. The van der Waals surface area contributed by atoms with Gasteiger partial charge in [-0.1, -0.05) is 38.1 Å². The Morgan fingerprint density at radius 2 is 1.53 bits per heavy atom. The summed E-state index contributed by atoms with van der Waals surface area (Å²) in [4.78, 5) is 11.5. The monoisotopic (exact) mass is 445 g/mol. The maximum Gasteiger partial charge on any atom is 0.573 e. The minimum Gasteiger partial charge on any atom is -0.469 e. The minimum absolute atomic E-state index is 0.258. The number of carbonyl (C=O) groups excluding carboxylic acids is 1. The minimum atomic E-state index is -4.88. The van der Waals surface area contributed by atoms with E-state index in [-0.39, 0.29) is 17.2 Å². The first-order chi connectivity index (χ1) is 13.9. The van der Waals surface area contributed by atoms with Crippen LogP contribution in [0, 0.1) is 0 Å².